The predicted molar refractivity (Wildman–Crippen MR) is 91.6 cm³/mol. The van der Waals surface area contributed by atoms with Crippen molar-refractivity contribution < 1.29 is 22.8 Å². The van der Waals surface area contributed by atoms with Crippen LogP contribution in [0, 0.1) is 5.92 Å². The molecule has 0 radical (unpaired) electrons. The van der Waals surface area contributed by atoms with E-state index in [1.54, 1.807) is 17.3 Å². The number of halogens is 3. The van der Waals surface area contributed by atoms with Crippen molar-refractivity contribution >= 4 is 28.5 Å². The lowest BCUT2D eigenvalue weighted by atomic mass is 9.98. The summed E-state index contributed by atoms with van der Waals surface area (Å²) in [5.74, 6) is -1.89. The topological polar surface area (TPSA) is 116 Å². The Morgan fingerprint density at radius 2 is 2.19 bits per heavy atom. The maximum Gasteiger partial charge on any atom is 0.405 e. The molecule has 0 aromatic carbocycles. The number of nitrogens with one attached hydrogen (secondary N) is 3. The van der Waals surface area contributed by atoms with Crippen LogP contribution < -0.4 is 16.5 Å². The van der Waals surface area contributed by atoms with Crippen LogP contribution in [-0.4, -0.2) is 52.6 Å². The lowest BCUT2D eigenvalue weighted by Gasteiger charge is -2.33. The number of hydrazine groups is 1. The minimum Gasteiger partial charge on any atom is -0.365 e. The van der Waals surface area contributed by atoms with Gasteiger partial charge in [0.25, 0.3) is 5.91 Å². The molecule has 0 spiro atoms. The van der Waals surface area contributed by atoms with Crippen molar-refractivity contribution in [1.29, 1.82) is 0 Å². The van der Waals surface area contributed by atoms with Crippen LogP contribution in [0.5, 0.6) is 0 Å². The lowest BCUT2D eigenvalue weighted by molar-refractivity contribution is -0.141. The summed E-state index contributed by atoms with van der Waals surface area (Å²) >= 11 is 0. The molecule has 0 unspecified atom stereocenters. The van der Waals surface area contributed by atoms with Crippen LogP contribution in [0.25, 0.3) is 11.0 Å². The minimum atomic E-state index is -4.45. The number of carbonyl (C=O) groups excluding carboxylic acids is 2. The van der Waals surface area contributed by atoms with E-state index >= 15 is 0 Å². The first-order chi connectivity index (χ1) is 12.7. The fourth-order valence-electron chi connectivity index (χ4n) is 3.10. The first kappa shape index (κ1) is 19.0. The van der Waals surface area contributed by atoms with E-state index in [9.17, 15) is 22.8 Å². The second kappa shape index (κ2) is 7.43. The summed E-state index contributed by atoms with van der Waals surface area (Å²) in [7, 11) is 0. The number of aromatic amines is 1. The number of fused-ring (bicyclic) bond motifs is 1. The molecule has 0 aliphatic carbocycles. The van der Waals surface area contributed by atoms with E-state index in [4.69, 9.17) is 5.73 Å². The van der Waals surface area contributed by atoms with E-state index in [2.05, 4.69) is 15.4 Å². The Morgan fingerprint density at radius 1 is 1.41 bits per heavy atom. The highest BCUT2D eigenvalue weighted by atomic mass is 19.4. The fraction of sp³-hybridized carbons (Fsp3) is 0.438. The number of aromatic nitrogens is 2. The van der Waals surface area contributed by atoms with Gasteiger partial charge in [0.15, 0.2) is 0 Å². The van der Waals surface area contributed by atoms with Crippen molar-refractivity contribution in [2.75, 3.05) is 25.1 Å². The number of primary amides is 1. The number of amides is 2. The highest BCUT2D eigenvalue weighted by Crippen LogP contribution is 2.27. The van der Waals surface area contributed by atoms with Gasteiger partial charge in [0, 0.05) is 30.9 Å². The summed E-state index contributed by atoms with van der Waals surface area (Å²) in [6.45, 7) is -0.582. The number of carbonyl (C=O) groups is 2. The zero-order valence-corrected chi connectivity index (χ0v) is 14.3. The molecule has 1 atom stereocenters. The molecular weight excluding hydrogens is 365 g/mol. The van der Waals surface area contributed by atoms with Gasteiger partial charge < -0.3 is 21.5 Å². The Bertz CT molecular complexity index is 850. The van der Waals surface area contributed by atoms with Crippen molar-refractivity contribution in [3.8, 4) is 0 Å². The van der Waals surface area contributed by atoms with Gasteiger partial charge in [-0.05, 0) is 18.9 Å². The molecule has 3 heterocycles. The van der Waals surface area contributed by atoms with Crippen LogP contribution in [0.15, 0.2) is 18.5 Å². The molecular formula is C16H19F3N6O2. The zero-order chi connectivity index (χ0) is 19.6. The second-order valence-electron chi connectivity index (χ2n) is 6.38. The molecule has 1 saturated heterocycles. The maximum atomic E-state index is 12.3. The van der Waals surface area contributed by atoms with Gasteiger partial charge in [-0.3, -0.25) is 9.59 Å². The van der Waals surface area contributed by atoms with Crippen molar-refractivity contribution in [3.05, 3.63) is 24.0 Å². The summed E-state index contributed by atoms with van der Waals surface area (Å²) in [4.78, 5) is 30.8. The minimum absolute atomic E-state index is 0.186. The molecule has 1 aliphatic rings. The van der Waals surface area contributed by atoms with Crippen molar-refractivity contribution in [2.45, 2.75) is 19.0 Å². The molecule has 1 fully saturated rings. The number of nitrogens with two attached hydrogens (primary N) is 1. The van der Waals surface area contributed by atoms with Gasteiger partial charge in [-0.25, -0.2) is 9.99 Å². The molecule has 27 heavy (non-hydrogen) atoms. The number of nitrogens with zero attached hydrogens (tertiary/aromatic N) is 2. The largest absolute Gasteiger partial charge is 0.405 e. The van der Waals surface area contributed by atoms with Crippen LogP contribution in [0.1, 0.15) is 23.2 Å². The highest BCUT2D eigenvalue weighted by molar-refractivity contribution is 6.05. The Kier molecular flexibility index (Phi) is 5.22. The number of pyridine rings is 1. The standard InChI is InChI=1S/C16H19F3N6O2/c17-16(18,19)8-23-15(27)9-2-1-5-25(7-9)24-12-10-3-4-21-14(10)22-6-11(12)13(20)26/h3-4,6,9H,1-2,5,7-8H2,(H2,20,26)(H,23,27)(H2,21,22,24)/t9-/m0/s1. The van der Waals surface area contributed by atoms with Gasteiger partial charge in [0.2, 0.25) is 5.91 Å². The van der Waals surface area contributed by atoms with Crippen LogP contribution >= 0.6 is 0 Å². The molecule has 5 N–H and O–H groups in total. The van der Waals surface area contributed by atoms with Crippen molar-refractivity contribution in [1.82, 2.24) is 20.3 Å². The first-order valence-electron chi connectivity index (χ1n) is 8.36. The van der Waals surface area contributed by atoms with Gasteiger partial charge in [-0.1, -0.05) is 0 Å². The van der Waals surface area contributed by atoms with E-state index in [0.29, 0.717) is 36.1 Å². The van der Waals surface area contributed by atoms with Crippen LogP contribution in [0.3, 0.4) is 0 Å². The SMILES string of the molecule is NC(=O)c1cnc2[nH]ccc2c1NN1CCC[C@H](C(=O)NCC(F)(F)F)C1. The molecule has 1 aliphatic heterocycles. The van der Waals surface area contributed by atoms with Crippen LogP contribution in [0.2, 0.25) is 0 Å². The molecule has 0 bridgehead atoms. The quantitative estimate of drug-likeness (QED) is 0.622. The summed E-state index contributed by atoms with van der Waals surface area (Å²) in [6, 6.07) is 1.73. The average Bonchev–Trinajstić information content (AvgIpc) is 3.08. The Balaban J connectivity index is 1.73. The third-order valence-electron chi connectivity index (χ3n) is 4.38. The number of alkyl halides is 3. The van der Waals surface area contributed by atoms with Crippen molar-refractivity contribution in [2.24, 2.45) is 11.7 Å². The molecule has 2 aromatic rings. The van der Waals surface area contributed by atoms with Crippen LogP contribution in [-0.2, 0) is 4.79 Å². The number of piperidine rings is 1. The molecule has 0 saturated carbocycles. The van der Waals surface area contributed by atoms with E-state index in [-0.39, 0.29) is 12.1 Å². The summed E-state index contributed by atoms with van der Waals surface area (Å²) in [5, 5.41) is 4.28. The zero-order valence-electron chi connectivity index (χ0n) is 14.3. The number of hydrogen-bond donors (Lipinski definition) is 4. The second-order valence-corrected chi connectivity index (χ2v) is 6.38. The molecule has 146 valence electrons. The Labute approximate surface area is 152 Å². The summed E-state index contributed by atoms with van der Waals surface area (Å²) < 4.78 is 36.9. The van der Waals surface area contributed by atoms with Gasteiger partial charge in [0.1, 0.15) is 12.2 Å². The Hall–Kier alpha value is -2.82. The third-order valence-corrected chi connectivity index (χ3v) is 4.38. The number of hydrogen-bond acceptors (Lipinski definition) is 5. The van der Waals surface area contributed by atoms with Crippen LogP contribution in [0.4, 0.5) is 18.9 Å². The van der Waals surface area contributed by atoms with Gasteiger partial charge in [0.05, 0.1) is 17.2 Å². The normalized spacial score (nSPS) is 18.4. The van der Waals surface area contributed by atoms with E-state index in [1.807, 2.05) is 5.32 Å². The first-order valence-corrected chi connectivity index (χ1v) is 8.36. The lowest BCUT2D eigenvalue weighted by Crippen LogP contribution is -2.47. The number of rotatable bonds is 5. The molecule has 2 aromatic heterocycles. The Morgan fingerprint density at radius 3 is 2.89 bits per heavy atom. The number of anilines is 1. The monoisotopic (exact) mass is 384 g/mol. The predicted octanol–water partition coefficient (Wildman–Crippen LogP) is 1.38. The molecule has 2 amide bonds. The van der Waals surface area contributed by atoms with Gasteiger partial charge in [-0.2, -0.15) is 13.2 Å². The van der Waals surface area contributed by atoms with E-state index in [1.165, 1.54) is 6.20 Å². The number of H-pyrrole nitrogens is 1. The average molecular weight is 384 g/mol. The van der Waals surface area contributed by atoms with Gasteiger partial charge in [-0.15, -0.1) is 0 Å². The van der Waals surface area contributed by atoms with Crippen molar-refractivity contribution in [3.63, 3.8) is 0 Å². The maximum absolute atomic E-state index is 12.3. The molecule has 3 rings (SSSR count). The summed E-state index contributed by atoms with van der Waals surface area (Å²) in [5.41, 5.74) is 9.69. The summed E-state index contributed by atoms with van der Waals surface area (Å²) in [6.07, 6.45) is -0.335. The van der Waals surface area contributed by atoms with E-state index in [0.717, 1.165) is 0 Å². The highest BCUT2D eigenvalue weighted by Gasteiger charge is 2.31. The fourth-order valence-corrected chi connectivity index (χ4v) is 3.10. The molecule has 8 nitrogen and oxygen atoms in total. The van der Waals surface area contributed by atoms with E-state index < -0.39 is 30.5 Å². The third kappa shape index (κ3) is 4.48. The smallest absolute Gasteiger partial charge is 0.365 e. The molecule has 11 heteroatoms. The van der Waals surface area contributed by atoms with Gasteiger partial charge >= 0.3 is 6.18 Å².